The largest absolute Gasteiger partial charge is 0.490 e. The summed E-state index contributed by atoms with van der Waals surface area (Å²) in [5.41, 5.74) is 4.84. The van der Waals surface area contributed by atoms with Gasteiger partial charge in [-0.3, -0.25) is 4.79 Å². The zero-order valence-corrected chi connectivity index (χ0v) is 10.6. The van der Waals surface area contributed by atoms with Crippen LogP contribution in [0.5, 0.6) is 0 Å². The average Bonchev–Trinajstić information content (AvgIpc) is 2.25. The van der Waals surface area contributed by atoms with Gasteiger partial charge >= 0.3 is 24.3 Å². The third kappa shape index (κ3) is 23.5. The Morgan fingerprint density at radius 3 is 1.19 bits per heavy atom. The molecule has 0 rings (SSSR count). The van der Waals surface area contributed by atoms with Gasteiger partial charge in [0.15, 0.2) is 0 Å². The van der Waals surface area contributed by atoms with Crippen molar-refractivity contribution in [3.8, 4) is 0 Å². The Labute approximate surface area is 114 Å². The smallest absolute Gasteiger partial charge is 0.475 e. The average molecular weight is 329 g/mol. The minimum Gasteiger partial charge on any atom is -0.475 e. The summed E-state index contributed by atoms with van der Waals surface area (Å²) in [6, 6.07) is 0. The lowest BCUT2D eigenvalue weighted by Gasteiger charge is -1.93. The highest BCUT2D eigenvalue weighted by molar-refractivity contribution is 5.73. The summed E-state index contributed by atoms with van der Waals surface area (Å²) in [4.78, 5) is 27.8. The predicted octanol–water partition coefficient (Wildman–Crippen LogP) is 1.93. The van der Waals surface area contributed by atoms with Crippen molar-refractivity contribution in [2.75, 3.05) is 0 Å². The van der Waals surface area contributed by atoms with E-state index in [-0.39, 0.29) is 5.91 Å². The molecule has 0 fully saturated rings. The number of aliphatic carboxylic acids is 2. The van der Waals surface area contributed by atoms with Crippen LogP contribution in [0.2, 0.25) is 0 Å². The van der Waals surface area contributed by atoms with Crippen LogP contribution in [0, 0.1) is 0 Å². The van der Waals surface area contributed by atoms with Crippen LogP contribution in [0.15, 0.2) is 0 Å². The Kier molecular flexibility index (Phi) is 12.3. The first kappa shape index (κ1) is 24.0. The number of unbranched alkanes of at least 4 members (excludes halogenated alkanes) is 1. The van der Waals surface area contributed by atoms with Gasteiger partial charge in [0.05, 0.1) is 0 Å². The van der Waals surface area contributed by atoms with E-state index in [9.17, 15) is 31.1 Å². The Morgan fingerprint density at radius 1 is 0.905 bits per heavy atom. The number of carbonyl (C=O) groups excluding carboxylic acids is 1. The van der Waals surface area contributed by atoms with Gasteiger partial charge in [-0.25, -0.2) is 9.59 Å². The predicted molar refractivity (Wildman–Crippen MR) is 56.1 cm³/mol. The second kappa shape index (κ2) is 10.7. The van der Waals surface area contributed by atoms with E-state index >= 15 is 0 Å². The highest BCUT2D eigenvalue weighted by Crippen LogP contribution is 2.13. The number of halogens is 6. The van der Waals surface area contributed by atoms with Gasteiger partial charge in [-0.1, -0.05) is 13.3 Å². The molecule has 0 aliphatic rings. The first-order chi connectivity index (χ1) is 9.16. The van der Waals surface area contributed by atoms with Gasteiger partial charge in [0.2, 0.25) is 5.91 Å². The fraction of sp³-hybridized carbons (Fsp3) is 0.667. The third-order valence-corrected chi connectivity index (χ3v) is 1.26. The van der Waals surface area contributed by atoms with Crippen LogP contribution in [-0.4, -0.2) is 40.4 Å². The van der Waals surface area contributed by atoms with Gasteiger partial charge < -0.3 is 15.9 Å². The maximum absolute atomic E-state index is 10.6. The molecule has 0 heterocycles. The second-order valence-corrected chi connectivity index (χ2v) is 3.18. The van der Waals surface area contributed by atoms with E-state index in [1.54, 1.807) is 0 Å². The number of carboxylic acids is 2. The molecule has 1 amide bonds. The molecule has 0 radical (unpaired) electrons. The summed E-state index contributed by atoms with van der Waals surface area (Å²) < 4.78 is 63.5. The number of hydrogen-bond donors (Lipinski definition) is 3. The highest BCUT2D eigenvalue weighted by Gasteiger charge is 2.38. The summed E-state index contributed by atoms with van der Waals surface area (Å²) in [6.45, 7) is 2.03. The monoisotopic (exact) mass is 329 g/mol. The van der Waals surface area contributed by atoms with Crippen LogP contribution in [0.4, 0.5) is 26.3 Å². The van der Waals surface area contributed by atoms with E-state index in [1.807, 2.05) is 6.92 Å². The Bertz CT molecular complexity index is 315. The number of alkyl halides is 6. The number of carbonyl (C=O) groups is 3. The third-order valence-electron chi connectivity index (χ3n) is 1.26. The number of rotatable bonds is 3. The van der Waals surface area contributed by atoms with Crippen LogP contribution in [0.1, 0.15) is 26.2 Å². The van der Waals surface area contributed by atoms with Crippen molar-refractivity contribution < 1.29 is 50.9 Å². The van der Waals surface area contributed by atoms with Gasteiger partial charge in [0, 0.05) is 6.42 Å². The van der Waals surface area contributed by atoms with E-state index in [2.05, 4.69) is 0 Å². The topological polar surface area (TPSA) is 118 Å². The normalized spacial score (nSPS) is 10.4. The Balaban J connectivity index is -0.000000231. The van der Waals surface area contributed by atoms with Crippen molar-refractivity contribution in [2.45, 2.75) is 38.5 Å². The molecule has 0 aromatic carbocycles. The zero-order chi connectivity index (χ0) is 17.9. The van der Waals surface area contributed by atoms with Gasteiger partial charge in [-0.05, 0) is 6.42 Å². The zero-order valence-electron chi connectivity index (χ0n) is 10.6. The molecule has 12 heteroatoms. The molecule has 126 valence electrons. The standard InChI is InChI=1S/C5H11NO.2C2HF3O2/c1-2-3-4-5(6)7;2*3-2(4,5)1(6)7/h2-4H2,1H3,(H2,6,7);2*(H,6,7). The van der Waals surface area contributed by atoms with Crippen LogP contribution in [0.25, 0.3) is 0 Å². The molecule has 0 aliphatic heterocycles. The van der Waals surface area contributed by atoms with E-state index in [0.717, 1.165) is 12.8 Å². The molecular formula is C9H13F6NO5. The number of hydrogen-bond acceptors (Lipinski definition) is 3. The van der Waals surface area contributed by atoms with Crippen molar-refractivity contribution >= 4 is 17.8 Å². The van der Waals surface area contributed by atoms with Crippen LogP contribution < -0.4 is 5.73 Å². The van der Waals surface area contributed by atoms with E-state index in [0.29, 0.717) is 6.42 Å². The molecule has 0 saturated heterocycles. The SMILES string of the molecule is CCCCC(N)=O.O=C(O)C(F)(F)F.O=C(O)C(F)(F)F. The first-order valence-electron chi connectivity index (χ1n) is 5.04. The quantitative estimate of drug-likeness (QED) is 0.684. The van der Waals surface area contributed by atoms with Gasteiger partial charge in [-0.2, -0.15) is 26.3 Å². The molecule has 21 heavy (non-hydrogen) atoms. The first-order valence-corrected chi connectivity index (χ1v) is 5.04. The lowest BCUT2D eigenvalue weighted by atomic mass is 10.2. The van der Waals surface area contributed by atoms with Crippen LogP contribution in [0.3, 0.4) is 0 Å². The maximum atomic E-state index is 10.6. The van der Waals surface area contributed by atoms with Gasteiger partial charge in [0.1, 0.15) is 0 Å². The highest BCUT2D eigenvalue weighted by atomic mass is 19.4. The lowest BCUT2D eigenvalue weighted by molar-refractivity contribution is -0.193. The summed E-state index contributed by atoms with van der Waals surface area (Å²) in [5, 5.41) is 14.2. The Morgan fingerprint density at radius 2 is 1.14 bits per heavy atom. The summed E-state index contributed by atoms with van der Waals surface area (Å²) in [5.74, 6) is -5.71. The molecule has 0 spiro atoms. The molecule has 0 aromatic heterocycles. The Hall–Kier alpha value is -2.01. The van der Waals surface area contributed by atoms with Crippen LogP contribution in [-0.2, 0) is 14.4 Å². The fourth-order valence-electron chi connectivity index (χ4n) is 0.351. The van der Waals surface area contributed by atoms with Crippen molar-refractivity contribution in [2.24, 2.45) is 5.73 Å². The molecule has 0 saturated carbocycles. The number of carboxylic acid groups (broad SMARTS) is 2. The lowest BCUT2D eigenvalue weighted by Crippen LogP contribution is -2.21. The summed E-state index contributed by atoms with van der Waals surface area (Å²) in [7, 11) is 0. The van der Waals surface area contributed by atoms with Crippen LogP contribution >= 0.6 is 0 Å². The number of primary amides is 1. The summed E-state index contributed by atoms with van der Waals surface area (Å²) >= 11 is 0. The minimum atomic E-state index is -5.08. The number of amides is 1. The molecule has 0 aliphatic carbocycles. The van der Waals surface area contributed by atoms with E-state index in [4.69, 9.17) is 25.5 Å². The fourth-order valence-corrected chi connectivity index (χ4v) is 0.351. The number of nitrogens with two attached hydrogens (primary N) is 1. The van der Waals surface area contributed by atoms with E-state index < -0.39 is 24.3 Å². The molecule has 6 nitrogen and oxygen atoms in total. The molecule has 0 atom stereocenters. The van der Waals surface area contributed by atoms with Crippen molar-refractivity contribution in [1.29, 1.82) is 0 Å². The molecule has 0 aromatic rings. The maximum Gasteiger partial charge on any atom is 0.490 e. The van der Waals surface area contributed by atoms with Crippen molar-refractivity contribution in [3.05, 3.63) is 0 Å². The van der Waals surface area contributed by atoms with Crippen molar-refractivity contribution in [1.82, 2.24) is 0 Å². The van der Waals surface area contributed by atoms with Gasteiger partial charge in [0.25, 0.3) is 0 Å². The molecule has 0 bridgehead atoms. The molecular weight excluding hydrogens is 316 g/mol. The van der Waals surface area contributed by atoms with E-state index in [1.165, 1.54) is 0 Å². The summed E-state index contributed by atoms with van der Waals surface area (Å²) in [6.07, 6.45) is -7.66. The van der Waals surface area contributed by atoms with Gasteiger partial charge in [-0.15, -0.1) is 0 Å². The molecule has 0 unspecified atom stereocenters. The second-order valence-electron chi connectivity index (χ2n) is 3.18. The minimum absolute atomic E-state index is 0.193. The molecule has 4 N–H and O–H groups in total. The van der Waals surface area contributed by atoms with Crippen molar-refractivity contribution in [3.63, 3.8) is 0 Å².